The number of hydrogen-bond donors (Lipinski definition) is 1. The number of carboxylic acids is 1. The lowest BCUT2D eigenvalue weighted by Crippen LogP contribution is -2.08. The molecule has 1 aromatic heterocycles. The average molecular weight is 350 g/mol. The first-order valence-corrected chi connectivity index (χ1v) is 8.84. The molecular weight excluding hydrogens is 332 g/mol. The molecule has 3 rings (SSSR count). The van der Waals surface area contributed by atoms with Crippen LogP contribution in [0.25, 0.3) is 10.4 Å². The van der Waals surface area contributed by atoms with Crippen molar-refractivity contribution in [2.75, 3.05) is 0 Å². The van der Waals surface area contributed by atoms with Gasteiger partial charge in [0.1, 0.15) is 0 Å². The molecule has 0 unspecified atom stereocenters. The van der Waals surface area contributed by atoms with E-state index in [-0.39, 0.29) is 17.8 Å². The van der Waals surface area contributed by atoms with Gasteiger partial charge in [-0.15, -0.1) is 11.3 Å². The Morgan fingerprint density at radius 1 is 0.920 bits per heavy atom. The van der Waals surface area contributed by atoms with Crippen LogP contribution in [0.4, 0.5) is 0 Å². The first-order chi connectivity index (χ1) is 12.0. The van der Waals surface area contributed by atoms with Gasteiger partial charge in [-0.1, -0.05) is 59.7 Å². The summed E-state index contributed by atoms with van der Waals surface area (Å²) < 4.78 is 0. The van der Waals surface area contributed by atoms with Gasteiger partial charge < -0.3 is 5.11 Å². The van der Waals surface area contributed by atoms with Gasteiger partial charge in [0.25, 0.3) is 0 Å². The number of thiophene rings is 1. The first-order valence-electron chi connectivity index (χ1n) is 7.96. The summed E-state index contributed by atoms with van der Waals surface area (Å²) in [6.07, 6.45) is 0.0903. The molecule has 1 heterocycles. The zero-order valence-corrected chi connectivity index (χ0v) is 14.9. The van der Waals surface area contributed by atoms with Crippen molar-refractivity contribution < 1.29 is 14.7 Å². The van der Waals surface area contributed by atoms with Gasteiger partial charge >= 0.3 is 5.97 Å². The van der Waals surface area contributed by atoms with Crippen LogP contribution in [0.1, 0.15) is 37.4 Å². The fourth-order valence-electron chi connectivity index (χ4n) is 2.69. The number of carboxylic acid groups (broad SMARTS) is 1. The molecule has 0 aliphatic rings. The van der Waals surface area contributed by atoms with Crippen molar-refractivity contribution in [2.45, 2.75) is 20.3 Å². The van der Waals surface area contributed by atoms with Gasteiger partial charge in [0, 0.05) is 16.9 Å². The number of Topliss-reactive ketones (excluding diaryl/α,β-unsaturated/α-hetero) is 1. The molecule has 0 atom stereocenters. The van der Waals surface area contributed by atoms with Crippen molar-refractivity contribution >= 4 is 23.1 Å². The molecule has 0 spiro atoms. The van der Waals surface area contributed by atoms with Crippen molar-refractivity contribution in [1.82, 2.24) is 0 Å². The lowest BCUT2D eigenvalue weighted by atomic mass is 9.98. The summed E-state index contributed by atoms with van der Waals surface area (Å²) in [5.41, 5.74) is 4.46. The topological polar surface area (TPSA) is 54.4 Å². The third kappa shape index (κ3) is 3.69. The molecule has 3 nitrogen and oxygen atoms in total. The van der Waals surface area contributed by atoms with Crippen molar-refractivity contribution in [2.24, 2.45) is 0 Å². The number of carbonyl (C=O) groups excluding carboxylic acids is 1. The second-order valence-electron chi connectivity index (χ2n) is 6.10. The highest BCUT2D eigenvalue weighted by atomic mass is 32.1. The Hall–Kier alpha value is -2.72. The maximum absolute atomic E-state index is 12.5. The van der Waals surface area contributed by atoms with Gasteiger partial charge in [0.05, 0.1) is 5.56 Å². The molecule has 25 heavy (non-hydrogen) atoms. The summed E-state index contributed by atoms with van der Waals surface area (Å²) in [7, 11) is 0. The SMILES string of the molecule is Cc1ccc(C(=O)Cc2csc(-c3ccc(C)cc3)c2C(=O)O)cc1. The van der Waals surface area contributed by atoms with Crippen LogP contribution in [0.15, 0.2) is 53.9 Å². The summed E-state index contributed by atoms with van der Waals surface area (Å²) in [4.78, 5) is 25.0. The number of rotatable bonds is 5. The van der Waals surface area contributed by atoms with Crippen LogP contribution in [0.2, 0.25) is 0 Å². The Labute approximate surface area is 150 Å². The van der Waals surface area contributed by atoms with Crippen LogP contribution < -0.4 is 0 Å². The monoisotopic (exact) mass is 350 g/mol. The third-order valence-electron chi connectivity index (χ3n) is 4.12. The van der Waals surface area contributed by atoms with E-state index in [0.717, 1.165) is 16.7 Å². The summed E-state index contributed by atoms with van der Waals surface area (Å²) in [6.45, 7) is 3.95. The molecule has 0 aliphatic carbocycles. The van der Waals surface area contributed by atoms with E-state index in [2.05, 4.69) is 0 Å². The molecule has 3 aromatic rings. The lowest BCUT2D eigenvalue weighted by molar-refractivity contribution is 0.0697. The van der Waals surface area contributed by atoms with Crippen molar-refractivity contribution in [1.29, 1.82) is 0 Å². The molecule has 1 N–H and O–H groups in total. The molecule has 0 bridgehead atoms. The zero-order valence-electron chi connectivity index (χ0n) is 14.1. The van der Waals surface area contributed by atoms with E-state index in [1.54, 1.807) is 17.5 Å². The number of carbonyl (C=O) groups is 2. The lowest BCUT2D eigenvalue weighted by Gasteiger charge is -2.05. The predicted octanol–water partition coefficient (Wildman–Crippen LogP) is 5.16. The van der Waals surface area contributed by atoms with Gasteiger partial charge in [-0.25, -0.2) is 4.79 Å². The van der Waals surface area contributed by atoms with E-state index in [0.29, 0.717) is 16.0 Å². The van der Waals surface area contributed by atoms with Gasteiger partial charge in [0.15, 0.2) is 5.78 Å². The minimum absolute atomic E-state index is 0.0734. The van der Waals surface area contributed by atoms with Gasteiger partial charge in [0.2, 0.25) is 0 Å². The van der Waals surface area contributed by atoms with E-state index >= 15 is 0 Å². The predicted molar refractivity (Wildman–Crippen MR) is 101 cm³/mol. The van der Waals surface area contributed by atoms with Crippen LogP contribution in [0.3, 0.4) is 0 Å². The largest absolute Gasteiger partial charge is 0.478 e. The van der Waals surface area contributed by atoms with Crippen molar-refractivity contribution in [3.63, 3.8) is 0 Å². The van der Waals surface area contributed by atoms with E-state index in [4.69, 9.17) is 0 Å². The summed E-state index contributed by atoms with van der Waals surface area (Å²) in [5.74, 6) is -1.07. The fourth-order valence-corrected chi connectivity index (χ4v) is 3.76. The molecule has 0 aliphatic heterocycles. The summed E-state index contributed by atoms with van der Waals surface area (Å²) >= 11 is 1.37. The van der Waals surface area contributed by atoms with Gasteiger partial charge in [-0.3, -0.25) is 4.79 Å². The molecule has 0 amide bonds. The van der Waals surface area contributed by atoms with Crippen molar-refractivity contribution in [3.8, 4) is 10.4 Å². The zero-order chi connectivity index (χ0) is 18.0. The highest BCUT2D eigenvalue weighted by molar-refractivity contribution is 7.14. The molecule has 0 radical (unpaired) electrons. The minimum atomic E-state index is -0.997. The van der Waals surface area contributed by atoms with E-state index in [9.17, 15) is 14.7 Å². The van der Waals surface area contributed by atoms with E-state index < -0.39 is 5.97 Å². The highest BCUT2D eigenvalue weighted by Gasteiger charge is 2.21. The van der Waals surface area contributed by atoms with Gasteiger partial charge in [-0.2, -0.15) is 0 Å². The van der Waals surface area contributed by atoms with Crippen molar-refractivity contribution in [3.05, 3.63) is 81.7 Å². The molecule has 0 saturated heterocycles. The second kappa shape index (κ2) is 7.03. The van der Waals surface area contributed by atoms with Crippen LogP contribution in [0.5, 0.6) is 0 Å². The Morgan fingerprint density at radius 3 is 2.04 bits per heavy atom. The summed E-state index contributed by atoms with van der Waals surface area (Å²) in [6, 6.07) is 15.1. The molecule has 0 fully saturated rings. The second-order valence-corrected chi connectivity index (χ2v) is 6.98. The average Bonchev–Trinajstić information content (AvgIpc) is 3.00. The molecule has 126 valence electrons. The summed E-state index contributed by atoms with van der Waals surface area (Å²) in [5, 5.41) is 11.4. The highest BCUT2D eigenvalue weighted by Crippen LogP contribution is 2.34. The maximum Gasteiger partial charge on any atom is 0.337 e. The number of ketones is 1. The Bertz CT molecular complexity index is 919. The van der Waals surface area contributed by atoms with Crippen LogP contribution >= 0.6 is 11.3 Å². The Kier molecular flexibility index (Phi) is 4.81. The smallest absolute Gasteiger partial charge is 0.337 e. The number of benzene rings is 2. The quantitative estimate of drug-likeness (QED) is 0.647. The van der Waals surface area contributed by atoms with Crippen LogP contribution in [-0.2, 0) is 6.42 Å². The van der Waals surface area contributed by atoms with E-state index in [1.807, 2.05) is 50.2 Å². The number of hydrogen-bond acceptors (Lipinski definition) is 3. The number of aromatic carboxylic acids is 1. The standard InChI is InChI=1S/C21H18O3S/c1-13-3-7-15(8-4-13)18(22)11-17-12-25-20(19(17)21(23)24)16-9-5-14(2)6-10-16/h3-10,12H,11H2,1-2H3,(H,23,24). The minimum Gasteiger partial charge on any atom is -0.478 e. The molecule has 4 heteroatoms. The molecular formula is C21H18O3S. The Morgan fingerprint density at radius 2 is 1.48 bits per heavy atom. The first kappa shape index (κ1) is 17.1. The third-order valence-corrected chi connectivity index (χ3v) is 5.20. The molecule has 0 saturated carbocycles. The van der Waals surface area contributed by atoms with E-state index in [1.165, 1.54) is 11.3 Å². The molecule has 2 aromatic carbocycles. The maximum atomic E-state index is 12.5. The van der Waals surface area contributed by atoms with Crippen LogP contribution in [-0.4, -0.2) is 16.9 Å². The van der Waals surface area contributed by atoms with Crippen LogP contribution in [0, 0.1) is 13.8 Å². The fraction of sp³-hybridized carbons (Fsp3) is 0.143. The Balaban J connectivity index is 1.94. The normalized spacial score (nSPS) is 10.6. The number of aryl methyl sites for hydroxylation is 2. The van der Waals surface area contributed by atoms with Gasteiger partial charge in [-0.05, 0) is 30.4 Å².